The third-order valence-corrected chi connectivity index (χ3v) is 4.88. The molecule has 3 aromatic rings. The number of nitro benzene ring substituents is 1. The van der Waals surface area contributed by atoms with Crippen molar-refractivity contribution < 1.29 is 29.1 Å². The van der Waals surface area contributed by atoms with Gasteiger partial charge in [-0.1, -0.05) is 6.07 Å². The third kappa shape index (κ3) is 3.10. The van der Waals surface area contributed by atoms with Crippen molar-refractivity contribution in [2.24, 2.45) is 5.10 Å². The van der Waals surface area contributed by atoms with Gasteiger partial charge < -0.3 is 14.6 Å². The summed E-state index contributed by atoms with van der Waals surface area (Å²) in [6, 6.07) is 9.95. The van der Waals surface area contributed by atoms with Gasteiger partial charge in [-0.15, -0.1) is 0 Å². The zero-order chi connectivity index (χ0) is 22.3. The van der Waals surface area contributed by atoms with Crippen LogP contribution in [0.25, 0.3) is 10.8 Å². The highest BCUT2D eigenvalue weighted by Gasteiger charge is 2.34. The van der Waals surface area contributed by atoms with Gasteiger partial charge in [0.25, 0.3) is 17.5 Å². The largest absolute Gasteiger partial charge is 0.502 e. The first-order valence-electron chi connectivity index (χ1n) is 8.95. The molecule has 0 aromatic heterocycles. The first-order valence-corrected chi connectivity index (χ1v) is 8.95. The Morgan fingerprint density at radius 3 is 2.23 bits per heavy atom. The molecule has 1 aliphatic rings. The number of phenols is 1. The lowest BCUT2D eigenvalue weighted by Crippen LogP contribution is -2.36. The van der Waals surface area contributed by atoms with E-state index in [1.165, 1.54) is 62.9 Å². The van der Waals surface area contributed by atoms with Crippen molar-refractivity contribution >= 4 is 34.5 Å². The fraction of sp³-hybridized carbons (Fsp3) is 0.0952. The number of carbonyl (C=O) groups is 2. The number of ether oxygens (including phenoxy) is 2. The van der Waals surface area contributed by atoms with E-state index in [1.54, 1.807) is 0 Å². The summed E-state index contributed by atoms with van der Waals surface area (Å²) >= 11 is 0. The van der Waals surface area contributed by atoms with Gasteiger partial charge in [0.2, 0.25) is 5.75 Å². The number of aromatic hydroxyl groups is 1. The van der Waals surface area contributed by atoms with Crippen LogP contribution in [0.2, 0.25) is 0 Å². The van der Waals surface area contributed by atoms with E-state index in [9.17, 15) is 24.8 Å². The van der Waals surface area contributed by atoms with E-state index < -0.39 is 16.7 Å². The molecule has 0 radical (unpaired) electrons. The minimum atomic E-state index is -0.711. The van der Waals surface area contributed by atoms with Gasteiger partial charge in [0.05, 0.1) is 41.9 Å². The summed E-state index contributed by atoms with van der Waals surface area (Å²) in [4.78, 5) is 36.7. The van der Waals surface area contributed by atoms with E-state index in [4.69, 9.17) is 9.47 Å². The number of imide groups is 1. The molecular formula is C21H15N3O7. The Bertz CT molecular complexity index is 1250. The van der Waals surface area contributed by atoms with Crippen molar-refractivity contribution in [1.29, 1.82) is 0 Å². The summed E-state index contributed by atoms with van der Waals surface area (Å²) in [7, 11) is 2.73. The number of benzene rings is 3. The van der Waals surface area contributed by atoms with Gasteiger partial charge in [0.15, 0.2) is 11.5 Å². The van der Waals surface area contributed by atoms with Gasteiger partial charge in [-0.3, -0.25) is 19.7 Å². The molecule has 0 bridgehead atoms. The number of non-ortho nitro benzene ring substituents is 1. The molecule has 3 aromatic carbocycles. The second-order valence-corrected chi connectivity index (χ2v) is 6.56. The predicted molar refractivity (Wildman–Crippen MR) is 110 cm³/mol. The van der Waals surface area contributed by atoms with Crippen LogP contribution in [-0.2, 0) is 0 Å². The normalized spacial score (nSPS) is 13.2. The van der Waals surface area contributed by atoms with Gasteiger partial charge >= 0.3 is 0 Å². The molecule has 1 N–H and O–H groups in total. The van der Waals surface area contributed by atoms with Gasteiger partial charge in [0.1, 0.15) is 0 Å². The van der Waals surface area contributed by atoms with Crippen LogP contribution in [0.1, 0.15) is 26.3 Å². The molecular weight excluding hydrogens is 406 g/mol. The molecule has 31 heavy (non-hydrogen) atoms. The van der Waals surface area contributed by atoms with Crippen LogP contribution in [0.3, 0.4) is 0 Å². The van der Waals surface area contributed by atoms with Gasteiger partial charge in [-0.2, -0.15) is 10.1 Å². The molecule has 0 saturated carbocycles. The van der Waals surface area contributed by atoms with Crippen LogP contribution in [0.15, 0.2) is 47.6 Å². The monoisotopic (exact) mass is 421 g/mol. The second kappa shape index (κ2) is 7.41. The molecule has 0 unspecified atom stereocenters. The molecule has 0 fully saturated rings. The maximum Gasteiger partial charge on any atom is 0.282 e. The lowest BCUT2D eigenvalue weighted by Gasteiger charge is -2.23. The van der Waals surface area contributed by atoms with E-state index in [0.717, 1.165) is 0 Å². The lowest BCUT2D eigenvalue weighted by atomic mass is 9.94. The number of hydrogen-bond donors (Lipinski definition) is 1. The summed E-state index contributed by atoms with van der Waals surface area (Å²) in [5, 5.41) is 26.5. The predicted octanol–water partition coefficient (Wildman–Crippen LogP) is 3.10. The van der Waals surface area contributed by atoms with Crippen molar-refractivity contribution in [3.8, 4) is 17.2 Å². The van der Waals surface area contributed by atoms with Crippen LogP contribution in [0.4, 0.5) is 5.69 Å². The highest BCUT2D eigenvalue weighted by molar-refractivity contribution is 6.26. The van der Waals surface area contributed by atoms with E-state index >= 15 is 0 Å². The van der Waals surface area contributed by atoms with E-state index in [2.05, 4.69) is 5.10 Å². The van der Waals surface area contributed by atoms with Crippen molar-refractivity contribution in [3.05, 3.63) is 69.3 Å². The Kier molecular flexibility index (Phi) is 4.74. The summed E-state index contributed by atoms with van der Waals surface area (Å²) < 4.78 is 10.2. The molecule has 10 nitrogen and oxygen atoms in total. The maximum atomic E-state index is 12.9. The Labute approximate surface area is 175 Å². The summed E-state index contributed by atoms with van der Waals surface area (Å²) in [6.45, 7) is 0. The first-order chi connectivity index (χ1) is 14.9. The molecule has 1 aliphatic heterocycles. The van der Waals surface area contributed by atoms with Crippen molar-refractivity contribution in [2.45, 2.75) is 0 Å². The Morgan fingerprint density at radius 2 is 1.65 bits per heavy atom. The quantitative estimate of drug-likeness (QED) is 0.290. The third-order valence-electron chi connectivity index (χ3n) is 4.88. The molecule has 0 spiro atoms. The molecule has 0 atom stereocenters. The van der Waals surface area contributed by atoms with Gasteiger partial charge in [-0.25, -0.2) is 0 Å². The minimum Gasteiger partial charge on any atom is -0.502 e. The number of nitrogens with zero attached hydrogens (tertiary/aromatic N) is 3. The van der Waals surface area contributed by atoms with E-state index in [0.29, 0.717) is 10.6 Å². The number of carbonyl (C=O) groups excluding carboxylic acids is 2. The Morgan fingerprint density at radius 1 is 1.03 bits per heavy atom. The van der Waals surface area contributed by atoms with Gasteiger partial charge in [-0.05, 0) is 30.3 Å². The molecule has 0 aliphatic carbocycles. The minimum absolute atomic E-state index is 0.125. The van der Waals surface area contributed by atoms with Crippen LogP contribution in [-0.4, -0.2) is 47.3 Å². The molecule has 2 amide bonds. The Balaban J connectivity index is 1.79. The maximum absolute atomic E-state index is 12.9. The zero-order valence-corrected chi connectivity index (χ0v) is 16.4. The molecule has 4 rings (SSSR count). The fourth-order valence-electron chi connectivity index (χ4n) is 3.44. The molecule has 10 heteroatoms. The fourth-order valence-corrected chi connectivity index (χ4v) is 3.44. The van der Waals surface area contributed by atoms with Crippen molar-refractivity contribution in [1.82, 2.24) is 5.01 Å². The zero-order valence-electron chi connectivity index (χ0n) is 16.4. The standard InChI is InChI=1S/C21H15N3O7/c1-30-16-8-11(9-17(31-2)19(16)25)10-22-23-20(26)13-5-3-4-12-15(24(28)29)7-6-14(18(12)13)21(23)27/h3-10,25H,1-2H3. The average molecular weight is 421 g/mol. The number of nitro groups is 1. The smallest absolute Gasteiger partial charge is 0.282 e. The number of hydrogen-bond acceptors (Lipinski definition) is 8. The average Bonchev–Trinajstić information content (AvgIpc) is 2.77. The highest BCUT2D eigenvalue weighted by atomic mass is 16.6. The highest BCUT2D eigenvalue weighted by Crippen LogP contribution is 2.37. The number of phenolic OH excluding ortho intramolecular Hbond substituents is 1. The van der Waals surface area contributed by atoms with E-state index in [1.807, 2.05) is 0 Å². The van der Waals surface area contributed by atoms with Crippen molar-refractivity contribution in [3.63, 3.8) is 0 Å². The molecule has 1 heterocycles. The van der Waals surface area contributed by atoms with E-state index in [-0.39, 0.29) is 44.8 Å². The van der Waals surface area contributed by atoms with Crippen LogP contribution < -0.4 is 9.47 Å². The Hall–Kier alpha value is -4.47. The molecule has 156 valence electrons. The number of amides is 2. The number of hydrazone groups is 1. The molecule has 0 saturated heterocycles. The first kappa shape index (κ1) is 19.8. The van der Waals surface area contributed by atoms with Crippen LogP contribution in [0, 0.1) is 10.1 Å². The van der Waals surface area contributed by atoms with Crippen molar-refractivity contribution in [2.75, 3.05) is 14.2 Å². The summed E-state index contributed by atoms with van der Waals surface area (Å²) in [6.07, 6.45) is 1.25. The summed E-state index contributed by atoms with van der Waals surface area (Å²) in [5.41, 5.74) is 0.476. The second-order valence-electron chi connectivity index (χ2n) is 6.56. The topological polar surface area (TPSA) is 132 Å². The SMILES string of the molecule is COc1cc(C=NN2C(=O)c3cccc4c([N+](=O)[O-])ccc(c34)C2=O)cc(OC)c1O. The lowest BCUT2D eigenvalue weighted by molar-refractivity contribution is -0.383. The van der Waals surface area contributed by atoms with Crippen LogP contribution >= 0.6 is 0 Å². The summed E-state index contributed by atoms with van der Waals surface area (Å²) in [5.74, 6) is -1.37. The number of rotatable bonds is 5. The number of methoxy groups -OCH3 is 2. The van der Waals surface area contributed by atoms with Crippen LogP contribution in [0.5, 0.6) is 17.2 Å². The van der Waals surface area contributed by atoms with Gasteiger partial charge in [0, 0.05) is 17.0 Å².